The summed E-state index contributed by atoms with van der Waals surface area (Å²) < 4.78 is 11.5. The molecule has 2 saturated heterocycles. The van der Waals surface area contributed by atoms with Crippen LogP contribution in [-0.4, -0.2) is 55.5 Å². The van der Waals surface area contributed by atoms with Gasteiger partial charge in [0.1, 0.15) is 0 Å². The van der Waals surface area contributed by atoms with E-state index in [1.165, 1.54) is 6.42 Å². The van der Waals surface area contributed by atoms with Gasteiger partial charge in [0.2, 0.25) is 0 Å². The second-order valence-corrected chi connectivity index (χ2v) is 5.50. The van der Waals surface area contributed by atoms with Crippen LogP contribution in [0.3, 0.4) is 0 Å². The topological polar surface area (TPSA) is 47.7 Å². The van der Waals surface area contributed by atoms with Crippen LogP contribution in [0.4, 0.5) is 0 Å². The predicted octanol–water partition coefficient (Wildman–Crippen LogP) is 0.604. The van der Waals surface area contributed by atoms with Gasteiger partial charge in [-0.15, -0.1) is 0 Å². The minimum Gasteiger partial charge on any atom is -0.378 e. The second kappa shape index (κ2) is 5.00. The van der Waals surface area contributed by atoms with E-state index in [4.69, 9.17) is 15.2 Å². The van der Waals surface area contributed by atoms with E-state index in [1.807, 2.05) is 0 Å². The molecule has 0 aromatic rings. The van der Waals surface area contributed by atoms with Crippen molar-refractivity contribution in [2.24, 2.45) is 5.73 Å². The van der Waals surface area contributed by atoms with E-state index in [9.17, 15) is 0 Å². The standard InChI is InChI=1S/C12H24N2O2/c1-12(2)4-3-11(16-12)8-14-5-6-15-9-10(14)7-13/h10-11H,3-9,13H2,1-2H3. The molecule has 0 bridgehead atoms. The van der Waals surface area contributed by atoms with Gasteiger partial charge in [-0.2, -0.15) is 0 Å². The molecule has 0 spiro atoms. The third-order valence-corrected chi connectivity index (χ3v) is 3.61. The minimum absolute atomic E-state index is 0.0646. The smallest absolute Gasteiger partial charge is 0.0710 e. The van der Waals surface area contributed by atoms with Gasteiger partial charge < -0.3 is 15.2 Å². The highest BCUT2D eigenvalue weighted by Crippen LogP contribution is 2.30. The normalized spacial score (nSPS) is 35.4. The molecule has 0 aromatic carbocycles. The van der Waals surface area contributed by atoms with E-state index in [0.717, 1.165) is 32.7 Å². The van der Waals surface area contributed by atoms with Crippen LogP contribution in [0, 0.1) is 0 Å². The lowest BCUT2D eigenvalue weighted by Gasteiger charge is -2.36. The molecule has 0 aromatic heterocycles. The number of hydrogen-bond acceptors (Lipinski definition) is 4. The van der Waals surface area contributed by atoms with Gasteiger partial charge in [-0.05, 0) is 26.7 Å². The maximum Gasteiger partial charge on any atom is 0.0710 e. The molecule has 0 amide bonds. The van der Waals surface area contributed by atoms with Crippen LogP contribution in [0.2, 0.25) is 0 Å². The van der Waals surface area contributed by atoms with Crippen LogP contribution < -0.4 is 5.73 Å². The Labute approximate surface area is 98.1 Å². The Morgan fingerprint density at radius 3 is 2.88 bits per heavy atom. The van der Waals surface area contributed by atoms with Gasteiger partial charge >= 0.3 is 0 Å². The summed E-state index contributed by atoms with van der Waals surface area (Å²) in [6.07, 6.45) is 2.71. The zero-order valence-corrected chi connectivity index (χ0v) is 10.4. The first-order valence-corrected chi connectivity index (χ1v) is 6.30. The predicted molar refractivity (Wildman–Crippen MR) is 63.4 cm³/mol. The third kappa shape index (κ3) is 2.94. The first kappa shape index (κ1) is 12.3. The molecular formula is C12H24N2O2. The molecule has 4 nitrogen and oxygen atoms in total. The van der Waals surface area contributed by atoms with Gasteiger partial charge in [-0.1, -0.05) is 0 Å². The van der Waals surface area contributed by atoms with Crippen LogP contribution >= 0.6 is 0 Å². The van der Waals surface area contributed by atoms with Gasteiger partial charge in [0.05, 0.1) is 24.9 Å². The van der Waals surface area contributed by atoms with Gasteiger partial charge in [0, 0.05) is 25.7 Å². The maximum atomic E-state index is 6.02. The Morgan fingerprint density at radius 1 is 1.44 bits per heavy atom. The molecule has 2 heterocycles. The van der Waals surface area contributed by atoms with Crippen molar-refractivity contribution in [3.05, 3.63) is 0 Å². The lowest BCUT2D eigenvalue weighted by Crippen LogP contribution is -2.51. The lowest BCUT2D eigenvalue weighted by atomic mass is 10.1. The Kier molecular flexibility index (Phi) is 3.85. The zero-order valence-electron chi connectivity index (χ0n) is 10.4. The lowest BCUT2D eigenvalue weighted by molar-refractivity contribution is -0.0593. The summed E-state index contributed by atoms with van der Waals surface area (Å²) in [6.45, 7) is 8.62. The van der Waals surface area contributed by atoms with Gasteiger partial charge in [0.15, 0.2) is 0 Å². The minimum atomic E-state index is 0.0646. The number of rotatable bonds is 3. The van der Waals surface area contributed by atoms with Crippen LogP contribution in [0.5, 0.6) is 0 Å². The molecule has 2 fully saturated rings. The zero-order chi connectivity index (χ0) is 11.6. The van der Waals surface area contributed by atoms with Crippen molar-refractivity contribution >= 4 is 0 Å². The van der Waals surface area contributed by atoms with Crippen molar-refractivity contribution in [2.75, 3.05) is 32.8 Å². The van der Waals surface area contributed by atoms with E-state index in [1.54, 1.807) is 0 Å². The highest BCUT2D eigenvalue weighted by molar-refractivity contribution is 4.85. The van der Waals surface area contributed by atoms with Crippen molar-refractivity contribution < 1.29 is 9.47 Å². The summed E-state index contributed by atoms with van der Waals surface area (Å²) in [7, 11) is 0. The molecule has 0 radical (unpaired) electrons. The molecule has 2 unspecified atom stereocenters. The fourth-order valence-electron chi connectivity index (χ4n) is 2.61. The summed E-state index contributed by atoms with van der Waals surface area (Å²) >= 11 is 0. The van der Waals surface area contributed by atoms with Crippen molar-refractivity contribution in [1.29, 1.82) is 0 Å². The molecule has 2 N–H and O–H groups in total. The first-order valence-electron chi connectivity index (χ1n) is 6.30. The van der Waals surface area contributed by atoms with E-state index >= 15 is 0 Å². The SMILES string of the molecule is CC1(C)CCC(CN2CCOCC2CN)O1. The number of ether oxygens (including phenoxy) is 2. The van der Waals surface area contributed by atoms with E-state index in [-0.39, 0.29) is 5.60 Å². The van der Waals surface area contributed by atoms with Crippen LogP contribution in [0.15, 0.2) is 0 Å². The fraction of sp³-hybridized carbons (Fsp3) is 1.00. The molecule has 0 saturated carbocycles. The maximum absolute atomic E-state index is 6.02. The molecule has 94 valence electrons. The Morgan fingerprint density at radius 2 is 2.25 bits per heavy atom. The van der Waals surface area contributed by atoms with Gasteiger partial charge in [-0.3, -0.25) is 4.90 Å². The van der Waals surface area contributed by atoms with Crippen LogP contribution in [0.25, 0.3) is 0 Å². The third-order valence-electron chi connectivity index (χ3n) is 3.61. The van der Waals surface area contributed by atoms with E-state index in [2.05, 4.69) is 18.7 Å². The Balaban J connectivity index is 1.84. The summed E-state index contributed by atoms with van der Waals surface area (Å²) in [6, 6.07) is 0.376. The quantitative estimate of drug-likeness (QED) is 0.768. The van der Waals surface area contributed by atoms with Crippen LogP contribution in [-0.2, 0) is 9.47 Å². The number of morpholine rings is 1. The average molecular weight is 228 g/mol. The van der Waals surface area contributed by atoms with Gasteiger partial charge in [-0.25, -0.2) is 0 Å². The molecule has 2 aliphatic heterocycles. The molecular weight excluding hydrogens is 204 g/mol. The highest BCUT2D eigenvalue weighted by atomic mass is 16.5. The van der Waals surface area contributed by atoms with E-state index < -0.39 is 0 Å². The largest absolute Gasteiger partial charge is 0.378 e. The highest BCUT2D eigenvalue weighted by Gasteiger charge is 2.34. The van der Waals surface area contributed by atoms with Crippen molar-refractivity contribution in [2.45, 2.75) is 44.4 Å². The van der Waals surface area contributed by atoms with Crippen molar-refractivity contribution in [3.63, 3.8) is 0 Å². The Hall–Kier alpha value is -0.160. The molecule has 2 rings (SSSR count). The average Bonchev–Trinajstić information content (AvgIpc) is 2.59. The number of nitrogens with zero attached hydrogens (tertiary/aromatic N) is 1. The summed E-state index contributed by atoms with van der Waals surface area (Å²) in [5.74, 6) is 0. The number of nitrogens with two attached hydrogens (primary N) is 1. The van der Waals surface area contributed by atoms with Crippen molar-refractivity contribution in [1.82, 2.24) is 4.90 Å². The molecule has 4 heteroatoms. The summed E-state index contributed by atoms with van der Waals surface area (Å²) in [5, 5.41) is 0. The molecule has 16 heavy (non-hydrogen) atoms. The molecule has 2 atom stereocenters. The summed E-state index contributed by atoms with van der Waals surface area (Å²) in [4.78, 5) is 2.43. The molecule has 0 aliphatic carbocycles. The summed E-state index contributed by atoms with van der Waals surface area (Å²) in [5.41, 5.74) is 5.82. The molecule has 2 aliphatic rings. The second-order valence-electron chi connectivity index (χ2n) is 5.50. The number of hydrogen-bond donors (Lipinski definition) is 1. The van der Waals surface area contributed by atoms with Crippen molar-refractivity contribution in [3.8, 4) is 0 Å². The van der Waals surface area contributed by atoms with Gasteiger partial charge in [0.25, 0.3) is 0 Å². The van der Waals surface area contributed by atoms with E-state index in [0.29, 0.717) is 18.7 Å². The fourth-order valence-corrected chi connectivity index (χ4v) is 2.61. The van der Waals surface area contributed by atoms with Crippen LogP contribution in [0.1, 0.15) is 26.7 Å². The Bertz CT molecular complexity index is 233. The first-order chi connectivity index (χ1) is 7.61. The monoisotopic (exact) mass is 228 g/mol.